The lowest BCUT2D eigenvalue weighted by Crippen LogP contribution is -2.48. The molecule has 0 radical (unpaired) electrons. The molecule has 1 aliphatic heterocycles. The molecule has 25 heavy (non-hydrogen) atoms. The summed E-state index contributed by atoms with van der Waals surface area (Å²) in [7, 11) is 1.68. The van der Waals surface area contributed by atoms with Crippen LogP contribution >= 0.6 is 0 Å². The predicted octanol–water partition coefficient (Wildman–Crippen LogP) is 1.73. The molecule has 3 rings (SSSR count). The Hall–Kier alpha value is -2.06. The molecule has 0 N–H and O–H groups in total. The molecule has 1 aromatic carbocycles. The van der Waals surface area contributed by atoms with Crippen molar-refractivity contribution in [1.82, 2.24) is 25.1 Å². The highest BCUT2D eigenvalue weighted by molar-refractivity contribution is 5.46. The van der Waals surface area contributed by atoms with E-state index in [-0.39, 0.29) is 11.9 Å². The molecule has 1 fully saturated rings. The van der Waals surface area contributed by atoms with E-state index in [9.17, 15) is 4.39 Å². The average molecular weight is 348 g/mol. The Morgan fingerprint density at radius 3 is 2.52 bits per heavy atom. The number of rotatable bonds is 7. The molecule has 0 saturated carbocycles. The van der Waals surface area contributed by atoms with Crippen LogP contribution in [0.5, 0.6) is 0 Å². The van der Waals surface area contributed by atoms with Crippen molar-refractivity contribution in [3.8, 4) is 0 Å². The van der Waals surface area contributed by atoms with Crippen LogP contribution in [-0.2, 0) is 11.3 Å². The number of aromatic nitrogens is 4. The quantitative estimate of drug-likeness (QED) is 0.760. The Morgan fingerprint density at radius 1 is 1.16 bits per heavy atom. The summed E-state index contributed by atoms with van der Waals surface area (Å²) in [6, 6.07) is 6.91. The number of ether oxygens (including phenoxy) is 1. The third-order valence-corrected chi connectivity index (χ3v) is 4.70. The van der Waals surface area contributed by atoms with Crippen molar-refractivity contribution in [3.63, 3.8) is 0 Å². The van der Waals surface area contributed by atoms with Crippen molar-refractivity contribution >= 4 is 5.69 Å². The van der Waals surface area contributed by atoms with Crippen LogP contribution in [0.25, 0.3) is 0 Å². The van der Waals surface area contributed by atoms with E-state index in [1.165, 1.54) is 12.1 Å². The molecule has 2 heterocycles. The molecule has 136 valence electrons. The number of methoxy groups -OCH3 is 1. The number of nitrogens with zero attached hydrogens (tertiary/aromatic N) is 6. The lowest BCUT2D eigenvalue weighted by atomic mass is 10.1. The first kappa shape index (κ1) is 17.8. The van der Waals surface area contributed by atoms with Gasteiger partial charge in [-0.3, -0.25) is 4.90 Å². The topological polar surface area (TPSA) is 59.3 Å². The van der Waals surface area contributed by atoms with Crippen molar-refractivity contribution in [2.24, 2.45) is 0 Å². The third-order valence-electron chi connectivity index (χ3n) is 4.70. The van der Waals surface area contributed by atoms with E-state index in [1.807, 2.05) is 16.8 Å². The van der Waals surface area contributed by atoms with Crippen LogP contribution in [0.1, 0.15) is 25.2 Å². The van der Waals surface area contributed by atoms with Gasteiger partial charge in [0.25, 0.3) is 0 Å². The Labute approximate surface area is 147 Å². The fraction of sp³-hybridized carbons (Fsp3) is 0.588. The van der Waals surface area contributed by atoms with Crippen molar-refractivity contribution < 1.29 is 9.13 Å². The van der Waals surface area contributed by atoms with Crippen molar-refractivity contribution in [2.75, 3.05) is 44.8 Å². The van der Waals surface area contributed by atoms with Gasteiger partial charge in [0.05, 0.1) is 19.2 Å². The first-order valence-electron chi connectivity index (χ1n) is 8.72. The Bertz CT molecular complexity index is 653. The van der Waals surface area contributed by atoms with Gasteiger partial charge in [-0.25, -0.2) is 9.07 Å². The van der Waals surface area contributed by atoms with Crippen LogP contribution in [-0.4, -0.2) is 65.0 Å². The maximum Gasteiger partial charge on any atom is 0.168 e. The molecule has 0 amide bonds. The van der Waals surface area contributed by atoms with Crippen LogP contribution in [0.15, 0.2) is 24.3 Å². The Morgan fingerprint density at radius 2 is 1.88 bits per heavy atom. The number of benzene rings is 1. The van der Waals surface area contributed by atoms with E-state index in [0.717, 1.165) is 44.1 Å². The van der Waals surface area contributed by atoms with Gasteiger partial charge in [-0.2, -0.15) is 0 Å². The molecule has 0 bridgehead atoms. The van der Waals surface area contributed by atoms with Gasteiger partial charge < -0.3 is 9.64 Å². The fourth-order valence-corrected chi connectivity index (χ4v) is 3.34. The van der Waals surface area contributed by atoms with Gasteiger partial charge in [-0.15, -0.1) is 5.10 Å². The Balaban J connectivity index is 1.64. The summed E-state index contributed by atoms with van der Waals surface area (Å²) in [6.45, 7) is 7.06. The number of hydrogen-bond acceptors (Lipinski definition) is 6. The van der Waals surface area contributed by atoms with Crippen molar-refractivity contribution in [1.29, 1.82) is 0 Å². The highest BCUT2D eigenvalue weighted by Gasteiger charge is 2.27. The van der Waals surface area contributed by atoms with Gasteiger partial charge in [0, 0.05) is 39.0 Å². The zero-order valence-electron chi connectivity index (χ0n) is 14.8. The summed E-state index contributed by atoms with van der Waals surface area (Å²) in [5, 5.41) is 12.2. The zero-order chi connectivity index (χ0) is 17.6. The maximum atomic E-state index is 13.1. The molecule has 0 aliphatic carbocycles. The smallest absolute Gasteiger partial charge is 0.168 e. The first-order valence-corrected chi connectivity index (χ1v) is 8.72. The summed E-state index contributed by atoms with van der Waals surface area (Å²) >= 11 is 0. The van der Waals surface area contributed by atoms with Crippen molar-refractivity contribution in [3.05, 3.63) is 35.9 Å². The number of halogens is 1. The average Bonchev–Trinajstić information content (AvgIpc) is 3.10. The minimum atomic E-state index is -0.198. The Kier molecular flexibility index (Phi) is 5.93. The van der Waals surface area contributed by atoms with E-state index in [0.29, 0.717) is 13.2 Å². The molecule has 8 heteroatoms. The molecule has 1 aliphatic rings. The highest BCUT2D eigenvalue weighted by atomic mass is 19.1. The van der Waals surface area contributed by atoms with E-state index >= 15 is 0 Å². The highest BCUT2D eigenvalue weighted by Crippen LogP contribution is 2.25. The van der Waals surface area contributed by atoms with Crippen LogP contribution in [0.3, 0.4) is 0 Å². The summed E-state index contributed by atoms with van der Waals surface area (Å²) in [6.07, 6.45) is 0.948. The third kappa shape index (κ3) is 4.13. The fourth-order valence-electron chi connectivity index (χ4n) is 3.34. The first-order chi connectivity index (χ1) is 12.2. The van der Waals surface area contributed by atoms with Gasteiger partial charge in [-0.05, 0) is 41.1 Å². The largest absolute Gasteiger partial charge is 0.383 e. The SMILES string of the molecule is CCC(c1nnnn1CCOC)N1CCN(c2ccc(F)cc2)CC1. The molecule has 0 spiro atoms. The second-order valence-electron chi connectivity index (χ2n) is 6.18. The van der Waals surface area contributed by atoms with E-state index in [2.05, 4.69) is 32.2 Å². The minimum absolute atomic E-state index is 0.197. The monoisotopic (exact) mass is 348 g/mol. The summed E-state index contributed by atoms with van der Waals surface area (Å²) in [5.74, 6) is 0.700. The molecule has 1 unspecified atom stereocenters. The molecule has 1 aromatic heterocycles. The van der Waals surface area contributed by atoms with Gasteiger partial charge >= 0.3 is 0 Å². The van der Waals surface area contributed by atoms with Crippen molar-refractivity contribution in [2.45, 2.75) is 25.9 Å². The van der Waals surface area contributed by atoms with E-state index in [1.54, 1.807) is 7.11 Å². The summed E-state index contributed by atoms with van der Waals surface area (Å²) < 4.78 is 20.1. The number of hydrogen-bond donors (Lipinski definition) is 0. The second kappa shape index (κ2) is 8.35. The van der Waals surface area contributed by atoms with Crippen LogP contribution in [0.2, 0.25) is 0 Å². The lowest BCUT2D eigenvalue weighted by Gasteiger charge is -2.39. The molecule has 7 nitrogen and oxygen atoms in total. The van der Waals surface area contributed by atoms with E-state index < -0.39 is 0 Å². The maximum absolute atomic E-state index is 13.1. The molecule has 2 aromatic rings. The van der Waals surface area contributed by atoms with Crippen LogP contribution in [0.4, 0.5) is 10.1 Å². The molecule has 1 saturated heterocycles. The van der Waals surface area contributed by atoms with Gasteiger partial charge in [0.2, 0.25) is 0 Å². The lowest BCUT2D eigenvalue weighted by molar-refractivity contribution is 0.157. The van der Waals surface area contributed by atoms with Gasteiger partial charge in [0.15, 0.2) is 5.82 Å². The van der Waals surface area contributed by atoms with Gasteiger partial charge in [0.1, 0.15) is 5.82 Å². The summed E-state index contributed by atoms with van der Waals surface area (Å²) in [5.41, 5.74) is 1.07. The van der Waals surface area contributed by atoms with Gasteiger partial charge in [-0.1, -0.05) is 6.92 Å². The number of anilines is 1. The number of piperazine rings is 1. The van der Waals surface area contributed by atoms with Crippen LogP contribution < -0.4 is 4.90 Å². The molecule has 1 atom stereocenters. The zero-order valence-corrected chi connectivity index (χ0v) is 14.8. The molecular formula is C17H25FN6O. The van der Waals surface area contributed by atoms with E-state index in [4.69, 9.17) is 4.74 Å². The minimum Gasteiger partial charge on any atom is -0.383 e. The standard InChI is InChI=1S/C17H25FN6O/c1-3-16(17-19-20-21-24(17)12-13-25-2)23-10-8-22(9-11-23)15-6-4-14(18)5-7-15/h4-7,16H,3,8-13H2,1-2H3. The second-order valence-corrected chi connectivity index (χ2v) is 6.18. The summed E-state index contributed by atoms with van der Waals surface area (Å²) in [4.78, 5) is 4.71. The number of tetrazole rings is 1. The predicted molar refractivity (Wildman–Crippen MR) is 92.9 cm³/mol. The molecular weight excluding hydrogens is 323 g/mol. The normalized spacial score (nSPS) is 17.0. The van der Waals surface area contributed by atoms with Crippen LogP contribution in [0, 0.1) is 5.82 Å².